The van der Waals surface area contributed by atoms with E-state index in [1.165, 1.54) is 88.2 Å². The SMILES string of the molecule is CCCCCCCCc1cc(CCCCCCCC)cc(OCCCCS(=O)(=O)[O-])c1.[Na+]. The molecule has 1 aromatic carbocycles. The maximum atomic E-state index is 10.7. The van der Waals surface area contributed by atoms with Crippen LogP contribution in [-0.4, -0.2) is 25.3 Å². The molecule has 0 fully saturated rings. The van der Waals surface area contributed by atoms with E-state index < -0.39 is 10.1 Å². The Morgan fingerprint density at radius 3 is 1.62 bits per heavy atom. The summed E-state index contributed by atoms with van der Waals surface area (Å²) in [6, 6.07) is 6.62. The van der Waals surface area contributed by atoms with E-state index in [1.54, 1.807) is 0 Å². The Balaban J connectivity index is 0.00000961. The van der Waals surface area contributed by atoms with Crippen molar-refractivity contribution in [1.29, 1.82) is 0 Å². The van der Waals surface area contributed by atoms with E-state index in [1.807, 2.05) is 0 Å². The van der Waals surface area contributed by atoms with Gasteiger partial charge in [0.2, 0.25) is 0 Å². The Morgan fingerprint density at radius 2 is 1.16 bits per heavy atom. The zero-order valence-electron chi connectivity index (χ0n) is 21.0. The van der Waals surface area contributed by atoms with Crippen LogP contribution in [0.1, 0.15) is 115 Å². The standard InChI is InChI=1S/C26H46O4S.Na/c1-3-5-7-9-11-13-17-24-21-25(18-14-12-10-8-6-4-2)23-26(22-24)30-19-15-16-20-31(27,28)29;/h21-23H,3-20H2,1-2H3,(H,27,28,29);/q;+1/p-1. The molecule has 6 heteroatoms. The van der Waals surface area contributed by atoms with Crippen LogP contribution in [0.2, 0.25) is 0 Å². The van der Waals surface area contributed by atoms with Crippen molar-refractivity contribution in [2.45, 2.75) is 117 Å². The Bertz CT molecular complexity index is 642. The molecule has 0 aliphatic carbocycles. The molecule has 0 aliphatic rings. The zero-order chi connectivity index (χ0) is 22.8. The summed E-state index contributed by atoms with van der Waals surface area (Å²) in [7, 11) is -4.13. The second-order valence-corrected chi connectivity index (χ2v) is 10.4. The first kappa shape index (κ1) is 31.9. The maximum Gasteiger partial charge on any atom is 1.00 e. The number of ether oxygens (including phenoxy) is 1. The molecule has 0 saturated carbocycles. The molecule has 4 nitrogen and oxygen atoms in total. The van der Waals surface area contributed by atoms with Crippen LogP contribution < -0.4 is 34.3 Å². The third kappa shape index (κ3) is 18.4. The number of rotatable bonds is 20. The van der Waals surface area contributed by atoms with Crippen molar-refractivity contribution in [1.82, 2.24) is 0 Å². The van der Waals surface area contributed by atoms with Gasteiger partial charge in [-0.05, 0) is 61.8 Å². The minimum atomic E-state index is -4.13. The van der Waals surface area contributed by atoms with Gasteiger partial charge in [-0.1, -0.05) is 84.1 Å². The fourth-order valence-electron chi connectivity index (χ4n) is 3.89. The molecule has 0 atom stereocenters. The first-order valence-corrected chi connectivity index (χ1v) is 14.2. The third-order valence-electron chi connectivity index (χ3n) is 5.72. The van der Waals surface area contributed by atoms with Gasteiger partial charge in [-0.25, -0.2) is 8.42 Å². The fourth-order valence-corrected chi connectivity index (χ4v) is 4.45. The molecule has 0 radical (unpaired) electrons. The maximum absolute atomic E-state index is 10.7. The molecule has 180 valence electrons. The van der Waals surface area contributed by atoms with Crippen molar-refractivity contribution in [3.05, 3.63) is 29.3 Å². The van der Waals surface area contributed by atoms with Gasteiger partial charge < -0.3 is 9.29 Å². The van der Waals surface area contributed by atoms with Crippen LogP contribution in [0.4, 0.5) is 0 Å². The molecule has 0 amide bonds. The van der Waals surface area contributed by atoms with Gasteiger partial charge in [-0.15, -0.1) is 0 Å². The van der Waals surface area contributed by atoms with Crippen molar-refractivity contribution in [2.24, 2.45) is 0 Å². The van der Waals surface area contributed by atoms with Crippen LogP contribution in [0.15, 0.2) is 18.2 Å². The summed E-state index contributed by atoms with van der Waals surface area (Å²) in [5, 5.41) is 0. The smallest absolute Gasteiger partial charge is 0.748 e. The van der Waals surface area contributed by atoms with E-state index >= 15 is 0 Å². The van der Waals surface area contributed by atoms with Crippen LogP contribution in [0.3, 0.4) is 0 Å². The second-order valence-electron chi connectivity index (χ2n) is 8.84. The molecule has 1 rings (SSSR count). The largest absolute Gasteiger partial charge is 1.00 e. The van der Waals surface area contributed by atoms with Gasteiger partial charge in [0.1, 0.15) is 5.75 Å². The average Bonchev–Trinajstić information content (AvgIpc) is 2.72. The van der Waals surface area contributed by atoms with E-state index in [2.05, 4.69) is 32.0 Å². The first-order valence-electron chi connectivity index (χ1n) is 12.6. The Morgan fingerprint density at radius 1 is 0.688 bits per heavy atom. The van der Waals surface area contributed by atoms with Crippen LogP contribution in [0.25, 0.3) is 0 Å². The van der Waals surface area contributed by atoms with Crippen LogP contribution in [-0.2, 0) is 23.0 Å². The third-order valence-corrected chi connectivity index (χ3v) is 6.51. The minimum Gasteiger partial charge on any atom is -0.748 e. The molecule has 1 aromatic rings. The summed E-state index contributed by atoms with van der Waals surface area (Å²) in [6.07, 6.45) is 18.6. The van der Waals surface area contributed by atoms with Crippen molar-refractivity contribution in [2.75, 3.05) is 12.4 Å². The number of benzene rings is 1. The summed E-state index contributed by atoms with van der Waals surface area (Å²) in [6.45, 7) is 4.94. The summed E-state index contributed by atoms with van der Waals surface area (Å²) < 4.78 is 38.1. The summed E-state index contributed by atoms with van der Waals surface area (Å²) in [5.74, 6) is 0.576. The minimum absolute atomic E-state index is 0. The molecule has 32 heavy (non-hydrogen) atoms. The Hall–Kier alpha value is -0.0700. The van der Waals surface area contributed by atoms with Crippen LogP contribution in [0, 0.1) is 0 Å². The van der Waals surface area contributed by atoms with Gasteiger partial charge in [0, 0.05) is 5.75 Å². The normalized spacial score (nSPS) is 11.3. The molecule has 0 heterocycles. The van der Waals surface area contributed by atoms with Gasteiger partial charge in [0.15, 0.2) is 0 Å². The predicted octanol–water partition coefficient (Wildman–Crippen LogP) is 4.20. The number of unbranched alkanes of at least 4 members (excludes halogenated alkanes) is 11. The molecule has 0 unspecified atom stereocenters. The van der Waals surface area contributed by atoms with E-state index in [-0.39, 0.29) is 35.3 Å². The molecule has 0 aromatic heterocycles. The number of aryl methyl sites for hydroxylation is 2. The van der Waals surface area contributed by atoms with Crippen LogP contribution in [0.5, 0.6) is 5.75 Å². The van der Waals surface area contributed by atoms with E-state index in [9.17, 15) is 13.0 Å². The molecule has 0 saturated heterocycles. The molecular formula is C26H45NaO4S. The van der Waals surface area contributed by atoms with E-state index in [0.717, 1.165) is 18.6 Å². The number of hydrogen-bond acceptors (Lipinski definition) is 4. The number of hydrogen-bond donors (Lipinski definition) is 0. The summed E-state index contributed by atoms with van der Waals surface area (Å²) >= 11 is 0. The molecule has 0 spiro atoms. The first-order chi connectivity index (χ1) is 14.9. The predicted molar refractivity (Wildman–Crippen MR) is 130 cm³/mol. The van der Waals surface area contributed by atoms with Crippen molar-refractivity contribution in [3.63, 3.8) is 0 Å². The molecule has 0 aliphatic heterocycles. The van der Waals surface area contributed by atoms with E-state index in [0.29, 0.717) is 19.4 Å². The summed E-state index contributed by atoms with van der Waals surface area (Å²) in [4.78, 5) is 0. The van der Waals surface area contributed by atoms with Gasteiger partial charge in [-0.2, -0.15) is 0 Å². The van der Waals surface area contributed by atoms with Crippen molar-refractivity contribution >= 4 is 10.1 Å². The van der Waals surface area contributed by atoms with Gasteiger partial charge in [-0.3, -0.25) is 0 Å². The second kappa shape index (κ2) is 20.3. The molecular weight excluding hydrogens is 431 g/mol. The monoisotopic (exact) mass is 476 g/mol. The van der Waals surface area contributed by atoms with Crippen molar-refractivity contribution < 1.29 is 47.3 Å². The quantitative estimate of drug-likeness (QED) is 0.161. The van der Waals surface area contributed by atoms with Crippen molar-refractivity contribution in [3.8, 4) is 5.75 Å². The van der Waals surface area contributed by atoms with Gasteiger partial charge >= 0.3 is 29.6 Å². The van der Waals surface area contributed by atoms with E-state index in [4.69, 9.17) is 4.74 Å². The zero-order valence-corrected chi connectivity index (χ0v) is 23.8. The Kier molecular flexibility index (Phi) is 20.3. The van der Waals surface area contributed by atoms with Crippen LogP contribution >= 0.6 is 0 Å². The molecule has 0 bridgehead atoms. The topological polar surface area (TPSA) is 66.4 Å². The Labute approximate surface area is 220 Å². The van der Waals surface area contributed by atoms with Gasteiger partial charge in [0.05, 0.1) is 16.7 Å². The van der Waals surface area contributed by atoms with Gasteiger partial charge in [0.25, 0.3) is 0 Å². The summed E-state index contributed by atoms with van der Waals surface area (Å²) in [5.41, 5.74) is 2.69. The molecule has 0 N–H and O–H groups in total. The average molecular weight is 477 g/mol. The fraction of sp³-hybridized carbons (Fsp3) is 0.769.